The highest BCUT2D eigenvalue weighted by atomic mass is 16.2. The summed E-state index contributed by atoms with van der Waals surface area (Å²) in [5.41, 5.74) is 2.21. The van der Waals surface area contributed by atoms with Crippen LogP contribution in [0, 0.1) is 5.92 Å². The number of rotatable bonds is 2. The SMILES string of the molecule is CC1CCCN(C(=O)Cc2c[nH]c3ccccc23)C1C. The minimum absolute atomic E-state index is 0.258. The second-order valence-electron chi connectivity index (χ2n) is 5.98. The molecule has 1 aliphatic rings. The van der Waals surface area contributed by atoms with E-state index in [1.165, 1.54) is 11.8 Å². The van der Waals surface area contributed by atoms with Crippen LogP contribution in [0.25, 0.3) is 10.9 Å². The number of amides is 1. The number of hydrogen-bond acceptors (Lipinski definition) is 1. The molecule has 1 N–H and O–H groups in total. The molecular weight excluding hydrogens is 248 g/mol. The maximum absolute atomic E-state index is 12.6. The van der Waals surface area contributed by atoms with Crippen LogP contribution in [0.4, 0.5) is 0 Å². The van der Waals surface area contributed by atoms with E-state index in [-0.39, 0.29) is 5.91 Å². The molecule has 1 fully saturated rings. The van der Waals surface area contributed by atoms with Crippen molar-refractivity contribution in [2.45, 2.75) is 39.2 Å². The van der Waals surface area contributed by atoms with Crippen molar-refractivity contribution >= 4 is 16.8 Å². The van der Waals surface area contributed by atoms with Gasteiger partial charge in [0.05, 0.1) is 6.42 Å². The van der Waals surface area contributed by atoms with Crippen LogP contribution in [0.1, 0.15) is 32.3 Å². The number of nitrogens with one attached hydrogen (secondary N) is 1. The zero-order valence-corrected chi connectivity index (χ0v) is 12.2. The third-order valence-corrected chi connectivity index (χ3v) is 4.71. The van der Waals surface area contributed by atoms with Gasteiger partial charge in [-0.2, -0.15) is 0 Å². The fourth-order valence-corrected chi connectivity index (χ4v) is 3.23. The minimum Gasteiger partial charge on any atom is -0.361 e. The first-order chi connectivity index (χ1) is 9.66. The summed E-state index contributed by atoms with van der Waals surface area (Å²) in [7, 11) is 0. The molecule has 0 spiro atoms. The van der Waals surface area contributed by atoms with Crippen LogP contribution in [0.3, 0.4) is 0 Å². The lowest BCUT2D eigenvalue weighted by Gasteiger charge is -2.38. The Hall–Kier alpha value is -1.77. The summed E-state index contributed by atoms with van der Waals surface area (Å²) >= 11 is 0. The molecule has 0 bridgehead atoms. The molecule has 2 atom stereocenters. The summed E-state index contributed by atoms with van der Waals surface area (Å²) in [6, 6.07) is 8.53. The average molecular weight is 270 g/mol. The van der Waals surface area contributed by atoms with Crippen molar-refractivity contribution in [2.75, 3.05) is 6.54 Å². The Kier molecular flexibility index (Phi) is 3.51. The van der Waals surface area contributed by atoms with E-state index >= 15 is 0 Å². The number of fused-ring (bicyclic) bond motifs is 1. The normalized spacial score (nSPS) is 23.2. The zero-order valence-electron chi connectivity index (χ0n) is 12.2. The number of aromatic amines is 1. The van der Waals surface area contributed by atoms with Crippen molar-refractivity contribution < 1.29 is 4.79 Å². The molecule has 1 aliphatic heterocycles. The molecular formula is C17H22N2O. The third kappa shape index (κ3) is 2.33. The highest BCUT2D eigenvalue weighted by Crippen LogP contribution is 2.25. The van der Waals surface area contributed by atoms with Crippen LogP contribution in [0.2, 0.25) is 0 Å². The van der Waals surface area contributed by atoms with E-state index in [2.05, 4.69) is 35.9 Å². The van der Waals surface area contributed by atoms with Gasteiger partial charge in [0.2, 0.25) is 5.91 Å². The molecule has 20 heavy (non-hydrogen) atoms. The maximum Gasteiger partial charge on any atom is 0.227 e. The van der Waals surface area contributed by atoms with E-state index in [1.54, 1.807) is 0 Å². The number of likely N-dealkylation sites (tertiary alicyclic amines) is 1. The van der Waals surface area contributed by atoms with Crippen LogP contribution < -0.4 is 0 Å². The fraction of sp³-hybridized carbons (Fsp3) is 0.471. The molecule has 2 aromatic rings. The van der Waals surface area contributed by atoms with Gasteiger partial charge in [0.1, 0.15) is 0 Å². The summed E-state index contributed by atoms with van der Waals surface area (Å²) in [5.74, 6) is 0.865. The summed E-state index contributed by atoms with van der Waals surface area (Å²) in [6.45, 7) is 5.33. The fourth-order valence-electron chi connectivity index (χ4n) is 3.23. The number of aromatic nitrogens is 1. The van der Waals surface area contributed by atoms with Gasteiger partial charge in [0, 0.05) is 29.7 Å². The van der Waals surface area contributed by atoms with Gasteiger partial charge in [0.25, 0.3) is 0 Å². The molecule has 1 amide bonds. The lowest BCUT2D eigenvalue weighted by molar-refractivity contribution is -0.135. The number of carbonyl (C=O) groups excluding carboxylic acids is 1. The maximum atomic E-state index is 12.6. The monoisotopic (exact) mass is 270 g/mol. The summed E-state index contributed by atoms with van der Waals surface area (Å²) in [4.78, 5) is 17.9. The second-order valence-corrected chi connectivity index (χ2v) is 5.98. The van der Waals surface area contributed by atoms with Gasteiger partial charge < -0.3 is 9.88 Å². The summed E-state index contributed by atoms with van der Waals surface area (Å²) in [5, 5.41) is 1.17. The molecule has 1 saturated heterocycles. The van der Waals surface area contributed by atoms with Gasteiger partial charge in [-0.3, -0.25) is 4.79 Å². The molecule has 0 radical (unpaired) electrons. The van der Waals surface area contributed by atoms with E-state index in [9.17, 15) is 4.79 Å². The molecule has 0 aliphatic carbocycles. The van der Waals surface area contributed by atoms with Crippen molar-refractivity contribution in [3.8, 4) is 0 Å². The molecule has 2 heterocycles. The first kappa shape index (κ1) is 13.2. The number of para-hydroxylation sites is 1. The smallest absolute Gasteiger partial charge is 0.227 e. The Labute approximate surface area is 120 Å². The van der Waals surface area contributed by atoms with E-state index in [4.69, 9.17) is 0 Å². The number of nitrogens with zero attached hydrogens (tertiary/aromatic N) is 1. The number of H-pyrrole nitrogens is 1. The average Bonchev–Trinajstić information content (AvgIpc) is 2.85. The first-order valence-corrected chi connectivity index (χ1v) is 7.51. The van der Waals surface area contributed by atoms with E-state index < -0.39 is 0 Å². The largest absolute Gasteiger partial charge is 0.361 e. The van der Waals surface area contributed by atoms with Crippen LogP contribution in [-0.2, 0) is 11.2 Å². The van der Waals surface area contributed by atoms with Crippen molar-refractivity contribution in [1.29, 1.82) is 0 Å². The van der Waals surface area contributed by atoms with Gasteiger partial charge >= 0.3 is 0 Å². The predicted octanol–water partition coefficient (Wildman–Crippen LogP) is 3.36. The third-order valence-electron chi connectivity index (χ3n) is 4.71. The second kappa shape index (κ2) is 5.31. The molecule has 2 unspecified atom stereocenters. The van der Waals surface area contributed by atoms with Crippen molar-refractivity contribution in [1.82, 2.24) is 9.88 Å². The summed E-state index contributed by atoms with van der Waals surface area (Å²) < 4.78 is 0. The molecule has 3 nitrogen and oxygen atoms in total. The predicted molar refractivity (Wildman–Crippen MR) is 81.6 cm³/mol. The van der Waals surface area contributed by atoms with Crippen molar-refractivity contribution in [3.63, 3.8) is 0 Å². The van der Waals surface area contributed by atoms with Crippen LogP contribution in [0.15, 0.2) is 30.5 Å². The van der Waals surface area contributed by atoms with Crippen molar-refractivity contribution in [2.24, 2.45) is 5.92 Å². The Morgan fingerprint density at radius 1 is 1.35 bits per heavy atom. The van der Waals surface area contributed by atoms with Crippen molar-refractivity contribution in [3.05, 3.63) is 36.0 Å². The molecule has 0 saturated carbocycles. The number of carbonyl (C=O) groups is 1. The highest BCUT2D eigenvalue weighted by molar-refractivity contribution is 5.89. The van der Waals surface area contributed by atoms with E-state index in [0.29, 0.717) is 18.4 Å². The summed E-state index contributed by atoms with van der Waals surface area (Å²) in [6.07, 6.45) is 4.84. The van der Waals surface area contributed by atoms with Crippen LogP contribution in [0.5, 0.6) is 0 Å². The topological polar surface area (TPSA) is 36.1 Å². The minimum atomic E-state index is 0.258. The molecule has 3 rings (SSSR count). The lowest BCUT2D eigenvalue weighted by atomic mass is 9.91. The number of hydrogen-bond donors (Lipinski definition) is 1. The van der Waals surface area contributed by atoms with E-state index in [0.717, 1.165) is 24.0 Å². The molecule has 1 aromatic carbocycles. The lowest BCUT2D eigenvalue weighted by Crippen LogP contribution is -2.46. The zero-order chi connectivity index (χ0) is 14.1. The first-order valence-electron chi connectivity index (χ1n) is 7.51. The van der Waals surface area contributed by atoms with Crippen LogP contribution >= 0.6 is 0 Å². The Morgan fingerprint density at radius 3 is 3.00 bits per heavy atom. The molecule has 3 heteroatoms. The Balaban J connectivity index is 1.78. The van der Waals surface area contributed by atoms with Gasteiger partial charge in [-0.25, -0.2) is 0 Å². The van der Waals surface area contributed by atoms with E-state index in [1.807, 2.05) is 18.3 Å². The number of benzene rings is 1. The molecule has 1 aromatic heterocycles. The highest BCUT2D eigenvalue weighted by Gasteiger charge is 2.28. The standard InChI is InChI=1S/C17H22N2O/c1-12-6-5-9-19(13(12)2)17(20)10-14-11-18-16-8-4-3-7-15(14)16/h3-4,7-8,11-13,18H,5-6,9-10H2,1-2H3. The van der Waals surface area contributed by atoms with Gasteiger partial charge in [-0.05, 0) is 37.3 Å². The Morgan fingerprint density at radius 2 is 2.15 bits per heavy atom. The number of piperidine rings is 1. The quantitative estimate of drug-likeness (QED) is 0.892. The molecule has 106 valence electrons. The van der Waals surface area contributed by atoms with Crippen LogP contribution in [-0.4, -0.2) is 28.4 Å². The van der Waals surface area contributed by atoms with Gasteiger partial charge in [-0.15, -0.1) is 0 Å². The van der Waals surface area contributed by atoms with Gasteiger partial charge in [-0.1, -0.05) is 25.1 Å². The van der Waals surface area contributed by atoms with Gasteiger partial charge in [0.15, 0.2) is 0 Å². The Bertz CT molecular complexity index is 616.